The highest BCUT2D eigenvalue weighted by atomic mass is 16.4. The quantitative estimate of drug-likeness (QED) is 0.824. The zero-order valence-electron chi connectivity index (χ0n) is 13.8. The molecule has 0 bridgehead atoms. The highest BCUT2D eigenvalue weighted by Crippen LogP contribution is 2.43. The van der Waals surface area contributed by atoms with Crippen LogP contribution in [-0.4, -0.2) is 11.1 Å². The molecule has 0 atom stereocenters. The van der Waals surface area contributed by atoms with Gasteiger partial charge < -0.3 is 5.11 Å². The van der Waals surface area contributed by atoms with Crippen LogP contribution in [0.1, 0.15) is 88.3 Å². The molecule has 21 heavy (non-hydrogen) atoms. The Labute approximate surface area is 128 Å². The average molecular weight is 288 g/mol. The first kappa shape index (κ1) is 16.1. The van der Waals surface area contributed by atoms with E-state index in [1.807, 2.05) is 0 Å². The molecule has 1 aliphatic rings. The van der Waals surface area contributed by atoms with Crippen LogP contribution in [0.5, 0.6) is 0 Å². The van der Waals surface area contributed by atoms with E-state index in [4.69, 9.17) is 0 Å². The van der Waals surface area contributed by atoms with Gasteiger partial charge in [0.15, 0.2) is 0 Å². The molecule has 1 aromatic rings. The van der Waals surface area contributed by atoms with Crippen LogP contribution in [0.2, 0.25) is 0 Å². The lowest BCUT2D eigenvalue weighted by molar-refractivity contribution is -0.145. The number of benzene rings is 1. The van der Waals surface area contributed by atoms with Gasteiger partial charge in [0.05, 0.1) is 5.41 Å². The Kier molecular flexibility index (Phi) is 4.75. The molecule has 0 amide bonds. The van der Waals surface area contributed by atoms with Gasteiger partial charge in [-0.2, -0.15) is 0 Å². The van der Waals surface area contributed by atoms with E-state index in [0.29, 0.717) is 11.8 Å². The van der Waals surface area contributed by atoms with Crippen molar-refractivity contribution in [2.75, 3.05) is 0 Å². The van der Waals surface area contributed by atoms with E-state index >= 15 is 0 Å². The molecule has 1 aliphatic carbocycles. The molecule has 0 aliphatic heterocycles. The van der Waals surface area contributed by atoms with Crippen molar-refractivity contribution >= 4 is 5.97 Å². The van der Waals surface area contributed by atoms with Crippen molar-refractivity contribution in [2.24, 2.45) is 0 Å². The van der Waals surface area contributed by atoms with E-state index < -0.39 is 11.4 Å². The van der Waals surface area contributed by atoms with Crippen LogP contribution in [-0.2, 0) is 10.2 Å². The zero-order chi connectivity index (χ0) is 15.6. The fourth-order valence-corrected chi connectivity index (χ4v) is 3.60. The fraction of sp³-hybridized carbons (Fsp3) is 0.632. The second-order valence-electron chi connectivity index (χ2n) is 7.10. The summed E-state index contributed by atoms with van der Waals surface area (Å²) in [7, 11) is 0. The molecule has 0 radical (unpaired) electrons. The molecular weight excluding hydrogens is 260 g/mol. The molecule has 0 spiro atoms. The maximum absolute atomic E-state index is 12.1. The van der Waals surface area contributed by atoms with Gasteiger partial charge >= 0.3 is 5.97 Å². The monoisotopic (exact) mass is 288 g/mol. The SMILES string of the molecule is CC(C)c1ccc(C(C)C)c(C2(C(=O)O)CCCCC2)c1. The van der Waals surface area contributed by atoms with Crippen molar-refractivity contribution in [1.82, 2.24) is 0 Å². The predicted molar refractivity (Wildman–Crippen MR) is 87.0 cm³/mol. The minimum absolute atomic E-state index is 0.361. The van der Waals surface area contributed by atoms with Crippen LogP contribution < -0.4 is 0 Å². The number of hydrogen-bond donors (Lipinski definition) is 1. The van der Waals surface area contributed by atoms with Crippen molar-refractivity contribution in [3.63, 3.8) is 0 Å². The maximum Gasteiger partial charge on any atom is 0.314 e. The summed E-state index contributed by atoms with van der Waals surface area (Å²) in [6, 6.07) is 6.51. The zero-order valence-corrected chi connectivity index (χ0v) is 13.8. The molecule has 2 rings (SSSR count). The van der Waals surface area contributed by atoms with E-state index in [9.17, 15) is 9.90 Å². The van der Waals surface area contributed by atoms with Gasteiger partial charge in [0.1, 0.15) is 0 Å². The van der Waals surface area contributed by atoms with E-state index in [-0.39, 0.29) is 0 Å². The largest absolute Gasteiger partial charge is 0.481 e. The number of carboxylic acid groups (broad SMARTS) is 1. The van der Waals surface area contributed by atoms with Gasteiger partial charge in [-0.15, -0.1) is 0 Å². The summed E-state index contributed by atoms with van der Waals surface area (Å²) in [4.78, 5) is 12.1. The van der Waals surface area contributed by atoms with Crippen LogP contribution in [0.15, 0.2) is 18.2 Å². The van der Waals surface area contributed by atoms with Crippen molar-refractivity contribution in [2.45, 2.75) is 77.0 Å². The molecular formula is C19H28O2. The van der Waals surface area contributed by atoms with E-state index in [1.54, 1.807) is 0 Å². The summed E-state index contributed by atoms with van der Waals surface area (Å²) in [5.41, 5.74) is 2.88. The molecule has 1 N–H and O–H groups in total. The molecule has 2 nitrogen and oxygen atoms in total. The second kappa shape index (κ2) is 6.21. The molecule has 0 heterocycles. The number of carboxylic acids is 1. The molecule has 2 heteroatoms. The first-order chi connectivity index (χ1) is 9.88. The minimum atomic E-state index is -0.664. The number of rotatable bonds is 4. The third-order valence-electron chi connectivity index (χ3n) is 5.00. The van der Waals surface area contributed by atoms with Crippen molar-refractivity contribution in [1.29, 1.82) is 0 Å². The van der Waals surface area contributed by atoms with Gasteiger partial charge in [0, 0.05) is 0 Å². The summed E-state index contributed by atoms with van der Waals surface area (Å²) in [5.74, 6) is 0.156. The fourth-order valence-electron chi connectivity index (χ4n) is 3.60. The number of aliphatic carboxylic acids is 1. The summed E-state index contributed by atoms with van der Waals surface area (Å²) >= 11 is 0. The second-order valence-corrected chi connectivity index (χ2v) is 7.10. The van der Waals surface area contributed by atoms with Gasteiger partial charge in [-0.25, -0.2) is 0 Å². The van der Waals surface area contributed by atoms with Crippen LogP contribution in [0.4, 0.5) is 0 Å². The summed E-state index contributed by atoms with van der Waals surface area (Å²) < 4.78 is 0. The van der Waals surface area contributed by atoms with E-state index in [2.05, 4.69) is 45.9 Å². The normalized spacial score (nSPS) is 18.2. The van der Waals surface area contributed by atoms with Crippen LogP contribution >= 0.6 is 0 Å². The van der Waals surface area contributed by atoms with Crippen molar-refractivity contribution < 1.29 is 9.90 Å². The molecule has 116 valence electrons. The summed E-state index contributed by atoms with van der Waals surface area (Å²) in [5, 5.41) is 9.98. The topological polar surface area (TPSA) is 37.3 Å². The Balaban J connectivity index is 2.61. The van der Waals surface area contributed by atoms with Gasteiger partial charge in [-0.3, -0.25) is 4.79 Å². The van der Waals surface area contributed by atoms with Crippen molar-refractivity contribution in [3.05, 3.63) is 34.9 Å². The van der Waals surface area contributed by atoms with Gasteiger partial charge in [-0.1, -0.05) is 65.2 Å². The van der Waals surface area contributed by atoms with Crippen LogP contribution in [0, 0.1) is 0 Å². The Morgan fingerprint density at radius 1 is 1.05 bits per heavy atom. The Bertz CT molecular complexity index is 508. The first-order valence-electron chi connectivity index (χ1n) is 8.26. The standard InChI is InChI=1S/C19H28O2/c1-13(2)15-8-9-16(14(3)4)17(12-15)19(18(20)21)10-6-5-7-11-19/h8-9,12-14H,5-7,10-11H2,1-4H3,(H,20,21). The number of hydrogen-bond acceptors (Lipinski definition) is 1. The molecule has 1 fully saturated rings. The van der Waals surface area contributed by atoms with E-state index in [1.165, 1.54) is 11.1 Å². The highest BCUT2D eigenvalue weighted by molar-refractivity contribution is 5.82. The lowest BCUT2D eigenvalue weighted by Gasteiger charge is -2.36. The first-order valence-corrected chi connectivity index (χ1v) is 8.26. The minimum Gasteiger partial charge on any atom is -0.481 e. The molecule has 0 unspecified atom stereocenters. The Hall–Kier alpha value is -1.31. The average Bonchev–Trinajstić information content (AvgIpc) is 2.47. The lowest BCUT2D eigenvalue weighted by atomic mass is 9.66. The predicted octanol–water partition coefficient (Wildman–Crippen LogP) is 5.22. The van der Waals surface area contributed by atoms with E-state index in [0.717, 1.165) is 37.7 Å². The molecule has 0 saturated heterocycles. The molecule has 1 aromatic carbocycles. The maximum atomic E-state index is 12.1. The molecule has 1 saturated carbocycles. The van der Waals surface area contributed by atoms with Crippen molar-refractivity contribution in [3.8, 4) is 0 Å². The van der Waals surface area contributed by atoms with Gasteiger partial charge in [-0.05, 0) is 41.4 Å². The van der Waals surface area contributed by atoms with Crippen LogP contribution in [0.25, 0.3) is 0 Å². The lowest BCUT2D eigenvalue weighted by Crippen LogP contribution is -2.39. The third-order valence-corrected chi connectivity index (χ3v) is 5.00. The van der Waals surface area contributed by atoms with Crippen LogP contribution in [0.3, 0.4) is 0 Å². The molecule has 0 aromatic heterocycles. The van der Waals surface area contributed by atoms with Gasteiger partial charge in [0.2, 0.25) is 0 Å². The summed E-state index contributed by atoms with van der Waals surface area (Å²) in [6.07, 6.45) is 4.77. The Morgan fingerprint density at radius 2 is 1.67 bits per heavy atom. The highest BCUT2D eigenvalue weighted by Gasteiger charge is 2.43. The smallest absolute Gasteiger partial charge is 0.314 e. The number of carbonyl (C=O) groups is 1. The Morgan fingerprint density at radius 3 is 2.14 bits per heavy atom. The van der Waals surface area contributed by atoms with Gasteiger partial charge in [0.25, 0.3) is 0 Å². The third kappa shape index (κ3) is 3.00. The summed E-state index contributed by atoms with van der Waals surface area (Å²) in [6.45, 7) is 8.66.